The number of hydrogen-bond acceptors (Lipinski definition) is 6. The Bertz CT molecular complexity index is 729. The Morgan fingerprint density at radius 1 is 0.714 bits per heavy atom. The van der Waals surface area contributed by atoms with Crippen LogP contribution < -0.4 is 0 Å². The monoisotopic (exact) mass is 386 g/mol. The first-order valence-corrected chi connectivity index (χ1v) is 9.32. The molecule has 0 saturated heterocycles. The summed E-state index contributed by atoms with van der Waals surface area (Å²) in [5.74, 6) is -0.948. The summed E-state index contributed by atoms with van der Waals surface area (Å²) in [5.41, 5.74) is 0.848. The van der Waals surface area contributed by atoms with Gasteiger partial charge in [0.2, 0.25) is 0 Å². The summed E-state index contributed by atoms with van der Waals surface area (Å²) < 4.78 is 0. The highest BCUT2D eigenvalue weighted by Crippen LogP contribution is 2.17. The Balaban J connectivity index is 1.74. The third-order valence-corrected chi connectivity index (χ3v) is 4.16. The molecule has 6 heteroatoms. The van der Waals surface area contributed by atoms with E-state index in [2.05, 4.69) is 0 Å². The van der Waals surface area contributed by atoms with Crippen LogP contribution in [-0.2, 0) is 19.6 Å². The van der Waals surface area contributed by atoms with Gasteiger partial charge >= 0.3 is 11.9 Å². The highest BCUT2D eigenvalue weighted by Gasteiger charge is 2.20. The number of rotatable bonds is 10. The van der Waals surface area contributed by atoms with Crippen LogP contribution in [0.4, 0.5) is 0 Å². The minimum absolute atomic E-state index is 0.127. The first-order valence-electron chi connectivity index (χ1n) is 9.32. The predicted molar refractivity (Wildman–Crippen MR) is 103 cm³/mol. The smallest absolute Gasteiger partial charge is 0.293 e. The normalized spacial score (nSPS) is 13.0. The van der Waals surface area contributed by atoms with Crippen molar-refractivity contribution in [2.24, 2.45) is 5.92 Å². The summed E-state index contributed by atoms with van der Waals surface area (Å²) >= 11 is 0. The van der Waals surface area contributed by atoms with E-state index in [0.29, 0.717) is 24.0 Å². The van der Waals surface area contributed by atoms with Crippen molar-refractivity contribution in [1.29, 1.82) is 0 Å². The Hall–Kier alpha value is -2.70. The SMILES string of the molecule is CC(CCC(OOC(=O)c1ccccc1)C(C)C)OOC(=O)c1ccccc1. The summed E-state index contributed by atoms with van der Waals surface area (Å²) in [7, 11) is 0. The molecule has 0 aliphatic heterocycles. The second-order valence-corrected chi connectivity index (χ2v) is 6.84. The molecule has 2 atom stereocenters. The number of carbonyl (C=O) groups excluding carboxylic acids is 2. The first kappa shape index (κ1) is 21.6. The molecular weight excluding hydrogens is 360 g/mol. The van der Waals surface area contributed by atoms with E-state index in [4.69, 9.17) is 19.6 Å². The lowest BCUT2D eigenvalue weighted by molar-refractivity contribution is -0.293. The molecule has 0 heterocycles. The van der Waals surface area contributed by atoms with Gasteiger partial charge in [0, 0.05) is 0 Å². The molecule has 0 aliphatic carbocycles. The topological polar surface area (TPSA) is 71.1 Å². The molecule has 2 aromatic rings. The van der Waals surface area contributed by atoms with Gasteiger partial charge in [0.15, 0.2) is 0 Å². The van der Waals surface area contributed by atoms with Gasteiger partial charge in [-0.1, -0.05) is 50.2 Å². The fraction of sp³-hybridized carbons (Fsp3) is 0.364. The van der Waals surface area contributed by atoms with Crippen molar-refractivity contribution in [3.8, 4) is 0 Å². The maximum Gasteiger partial charge on any atom is 0.373 e. The van der Waals surface area contributed by atoms with E-state index in [1.54, 1.807) is 55.5 Å². The van der Waals surface area contributed by atoms with Gasteiger partial charge in [-0.15, -0.1) is 0 Å². The highest BCUT2D eigenvalue weighted by molar-refractivity contribution is 5.89. The van der Waals surface area contributed by atoms with Crippen molar-refractivity contribution >= 4 is 11.9 Å². The molecule has 0 amide bonds. The lowest BCUT2D eigenvalue weighted by Crippen LogP contribution is -2.24. The van der Waals surface area contributed by atoms with Crippen molar-refractivity contribution in [1.82, 2.24) is 0 Å². The number of benzene rings is 2. The molecule has 2 unspecified atom stereocenters. The lowest BCUT2D eigenvalue weighted by Gasteiger charge is -2.20. The van der Waals surface area contributed by atoms with E-state index in [0.717, 1.165) is 0 Å². The van der Waals surface area contributed by atoms with Gasteiger partial charge in [0.05, 0.1) is 11.1 Å². The largest absolute Gasteiger partial charge is 0.373 e. The van der Waals surface area contributed by atoms with Gasteiger partial charge in [-0.3, -0.25) is 9.78 Å². The van der Waals surface area contributed by atoms with Crippen LogP contribution in [0.25, 0.3) is 0 Å². The average Bonchev–Trinajstić information content (AvgIpc) is 2.72. The molecule has 150 valence electrons. The maximum absolute atomic E-state index is 12.0. The molecule has 0 saturated carbocycles. The molecule has 2 aromatic carbocycles. The molecular formula is C22H26O6. The van der Waals surface area contributed by atoms with Crippen molar-refractivity contribution in [3.63, 3.8) is 0 Å². The minimum atomic E-state index is -0.541. The molecule has 0 N–H and O–H groups in total. The van der Waals surface area contributed by atoms with E-state index in [9.17, 15) is 9.59 Å². The van der Waals surface area contributed by atoms with Crippen molar-refractivity contribution in [2.75, 3.05) is 0 Å². The summed E-state index contributed by atoms with van der Waals surface area (Å²) in [4.78, 5) is 44.2. The van der Waals surface area contributed by atoms with E-state index >= 15 is 0 Å². The van der Waals surface area contributed by atoms with E-state index < -0.39 is 11.9 Å². The van der Waals surface area contributed by atoms with Gasteiger partial charge < -0.3 is 0 Å². The van der Waals surface area contributed by atoms with Crippen molar-refractivity contribution in [2.45, 2.75) is 45.8 Å². The molecule has 0 aromatic heterocycles. The van der Waals surface area contributed by atoms with Gasteiger partial charge in [-0.05, 0) is 49.9 Å². The van der Waals surface area contributed by atoms with E-state index in [1.807, 2.05) is 26.0 Å². The van der Waals surface area contributed by atoms with Crippen LogP contribution in [0.1, 0.15) is 54.3 Å². The van der Waals surface area contributed by atoms with E-state index in [-0.39, 0.29) is 18.1 Å². The van der Waals surface area contributed by atoms with Crippen molar-refractivity contribution < 1.29 is 29.1 Å². The molecule has 0 bridgehead atoms. The molecule has 0 spiro atoms. The summed E-state index contributed by atoms with van der Waals surface area (Å²) in [5, 5.41) is 0. The average molecular weight is 386 g/mol. The van der Waals surface area contributed by atoms with Crippen LogP contribution in [0, 0.1) is 5.92 Å². The van der Waals surface area contributed by atoms with Crippen LogP contribution in [-0.4, -0.2) is 24.1 Å². The van der Waals surface area contributed by atoms with Gasteiger partial charge in [-0.25, -0.2) is 9.59 Å². The Kier molecular flexibility index (Phi) is 8.65. The van der Waals surface area contributed by atoms with Crippen LogP contribution in [0.5, 0.6) is 0 Å². The van der Waals surface area contributed by atoms with Gasteiger partial charge in [0.1, 0.15) is 12.2 Å². The van der Waals surface area contributed by atoms with Crippen LogP contribution in [0.2, 0.25) is 0 Å². The lowest BCUT2D eigenvalue weighted by atomic mass is 10.0. The maximum atomic E-state index is 12.0. The zero-order valence-electron chi connectivity index (χ0n) is 16.4. The fourth-order valence-corrected chi connectivity index (χ4v) is 2.42. The first-order chi connectivity index (χ1) is 13.5. The van der Waals surface area contributed by atoms with Crippen LogP contribution in [0.15, 0.2) is 60.7 Å². The number of hydrogen-bond donors (Lipinski definition) is 0. The van der Waals surface area contributed by atoms with Crippen LogP contribution >= 0.6 is 0 Å². The van der Waals surface area contributed by atoms with Gasteiger partial charge in [0.25, 0.3) is 0 Å². The fourth-order valence-electron chi connectivity index (χ4n) is 2.42. The van der Waals surface area contributed by atoms with E-state index in [1.165, 1.54) is 0 Å². The summed E-state index contributed by atoms with van der Waals surface area (Å²) in [6.07, 6.45) is 0.503. The third-order valence-electron chi connectivity index (χ3n) is 4.16. The summed E-state index contributed by atoms with van der Waals surface area (Å²) in [6, 6.07) is 17.3. The third kappa shape index (κ3) is 7.13. The second-order valence-electron chi connectivity index (χ2n) is 6.84. The Labute approximate surface area is 165 Å². The van der Waals surface area contributed by atoms with Crippen molar-refractivity contribution in [3.05, 3.63) is 71.8 Å². The summed E-state index contributed by atoms with van der Waals surface area (Å²) in [6.45, 7) is 5.75. The zero-order chi connectivity index (χ0) is 20.4. The second kappa shape index (κ2) is 11.2. The predicted octanol–water partition coefficient (Wildman–Crippen LogP) is 4.76. The molecule has 0 fully saturated rings. The molecule has 0 aliphatic rings. The molecule has 28 heavy (non-hydrogen) atoms. The quantitative estimate of drug-likeness (QED) is 0.433. The van der Waals surface area contributed by atoms with Crippen LogP contribution in [0.3, 0.4) is 0 Å². The highest BCUT2D eigenvalue weighted by atomic mass is 17.2. The molecule has 0 radical (unpaired) electrons. The number of carbonyl (C=O) groups is 2. The minimum Gasteiger partial charge on any atom is -0.293 e. The standard InChI is InChI=1S/C22H26O6/c1-16(2)20(26-28-22(24)19-12-8-5-9-13-19)15-14-17(3)25-27-21(23)18-10-6-4-7-11-18/h4-13,16-17,20H,14-15H2,1-3H3. The van der Waals surface area contributed by atoms with Gasteiger partial charge in [-0.2, -0.15) is 9.78 Å². The zero-order valence-corrected chi connectivity index (χ0v) is 16.4. The Morgan fingerprint density at radius 2 is 1.18 bits per heavy atom. The molecule has 2 rings (SSSR count). The molecule has 6 nitrogen and oxygen atoms in total. The Morgan fingerprint density at radius 3 is 1.64 bits per heavy atom.